The number of rotatable bonds is 5. The Hall–Kier alpha value is -1.01. The summed E-state index contributed by atoms with van der Waals surface area (Å²) >= 11 is 5.23. The molecule has 0 amide bonds. The van der Waals surface area contributed by atoms with Gasteiger partial charge in [-0.3, -0.25) is 0 Å². The predicted molar refractivity (Wildman–Crippen MR) is 85.8 cm³/mol. The molecule has 2 N–H and O–H groups in total. The quantitative estimate of drug-likeness (QED) is 0.902. The zero-order chi connectivity index (χ0) is 14.0. The summed E-state index contributed by atoms with van der Waals surface area (Å²) in [5.41, 5.74) is 7.85. The maximum atomic E-state index is 6.16. The number of halogens is 1. The molecule has 6 heteroatoms. The summed E-state index contributed by atoms with van der Waals surface area (Å²) in [5, 5.41) is 6.61. The van der Waals surface area contributed by atoms with Crippen molar-refractivity contribution in [3.63, 3.8) is 0 Å². The zero-order valence-corrected chi connectivity index (χ0v) is 13.9. The van der Waals surface area contributed by atoms with Crippen LogP contribution in [0.15, 0.2) is 15.9 Å². The SMILES string of the molecule is CCCn1nc(C)c(N)c1N(C)Cc1cc(Br)cs1. The van der Waals surface area contributed by atoms with Crippen LogP contribution in [0.25, 0.3) is 0 Å². The van der Waals surface area contributed by atoms with Crippen molar-refractivity contribution in [1.82, 2.24) is 9.78 Å². The molecule has 2 aromatic rings. The van der Waals surface area contributed by atoms with Gasteiger partial charge in [-0.25, -0.2) is 4.68 Å². The minimum Gasteiger partial charge on any atom is -0.394 e. The van der Waals surface area contributed by atoms with Crippen molar-refractivity contribution in [2.45, 2.75) is 33.4 Å². The van der Waals surface area contributed by atoms with Crippen molar-refractivity contribution in [3.05, 3.63) is 26.5 Å². The number of nitrogen functional groups attached to an aromatic ring is 1. The monoisotopic (exact) mass is 342 g/mol. The Morgan fingerprint density at radius 1 is 1.53 bits per heavy atom. The van der Waals surface area contributed by atoms with E-state index < -0.39 is 0 Å². The smallest absolute Gasteiger partial charge is 0.150 e. The van der Waals surface area contributed by atoms with E-state index >= 15 is 0 Å². The molecule has 0 saturated carbocycles. The van der Waals surface area contributed by atoms with E-state index in [0.717, 1.165) is 41.2 Å². The number of nitrogens with zero attached hydrogens (tertiary/aromatic N) is 3. The highest BCUT2D eigenvalue weighted by Crippen LogP contribution is 2.29. The minimum atomic E-state index is 0.784. The van der Waals surface area contributed by atoms with Crippen molar-refractivity contribution in [1.29, 1.82) is 0 Å². The number of aromatic nitrogens is 2. The summed E-state index contributed by atoms with van der Waals surface area (Å²) in [4.78, 5) is 3.47. The molecule has 0 aliphatic rings. The molecule has 0 aliphatic heterocycles. The summed E-state index contributed by atoms with van der Waals surface area (Å²) < 4.78 is 3.14. The lowest BCUT2D eigenvalue weighted by Crippen LogP contribution is -2.21. The second-order valence-corrected chi connectivity index (χ2v) is 6.54. The maximum Gasteiger partial charge on any atom is 0.150 e. The van der Waals surface area contributed by atoms with Crippen molar-refractivity contribution >= 4 is 38.8 Å². The van der Waals surface area contributed by atoms with Crippen LogP contribution in [-0.2, 0) is 13.1 Å². The van der Waals surface area contributed by atoms with Gasteiger partial charge in [-0.2, -0.15) is 5.10 Å². The Morgan fingerprint density at radius 3 is 2.84 bits per heavy atom. The number of thiophene rings is 1. The molecule has 2 aromatic heterocycles. The van der Waals surface area contributed by atoms with Crippen molar-refractivity contribution in [2.75, 3.05) is 17.7 Å². The summed E-state index contributed by atoms with van der Waals surface area (Å²) in [6, 6.07) is 2.14. The van der Waals surface area contributed by atoms with Crippen LogP contribution >= 0.6 is 27.3 Å². The Bertz CT molecular complexity index is 561. The van der Waals surface area contributed by atoms with Gasteiger partial charge in [0.25, 0.3) is 0 Å². The van der Waals surface area contributed by atoms with Gasteiger partial charge in [-0.15, -0.1) is 11.3 Å². The summed E-state index contributed by atoms with van der Waals surface area (Å²) in [7, 11) is 2.06. The lowest BCUT2D eigenvalue weighted by molar-refractivity contribution is 0.591. The molecular weight excluding hydrogens is 324 g/mol. The number of hydrogen-bond acceptors (Lipinski definition) is 4. The van der Waals surface area contributed by atoms with Gasteiger partial charge in [0.05, 0.1) is 17.9 Å². The van der Waals surface area contributed by atoms with E-state index in [2.05, 4.69) is 51.3 Å². The van der Waals surface area contributed by atoms with Gasteiger partial charge in [-0.05, 0) is 35.3 Å². The Kier molecular flexibility index (Phi) is 4.52. The molecule has 0 unspecified atom stereocenters. The molecule has 104 valence electrons. The number of aryl methyl sites for hydroxylation is 2. The Morgan fingerprint density at radius 2 is 2.26 bits per heavy atom. The molecule has 2 rings (SSSR count). The Balaban J connectivity index is 2.24. The molecule has 0 fully saturated rings. The van der Waals surface area contributed by atoms with Crippen LogP contribution in [0.2, 0.25) is 0 Å². The first-order chi connectivity index (χ1) is 9.02. The molecule has 0 radical (unpaired) electrons. The van der Waals surface area contributed by atoms with Crippen LogP contribution in [0.4, 0.5) is 11.5 Å². The van der Waals surface area contributed by atoms with E-state index in [0.29, 0.717) is 0 Å². The van der Waals surface area contributed by atoms with Crippen LogP contribution < -0.4 is 10.6 Å². The lowest BCUT2D eigenvalue weighted by atomic mass is 10.3. The third kappa shape index (κ3) is 3.12. The zero-order valence-electron chi connectivity index (χ0n) is 11.5. The van der Waals surface area contributed by atoms with Gasteiger partial charge in [0.15, 0.2) is 5.82 Å². The molecule has 4 nitrogen and oxygen atoms in total. The van der Waals surface area contributed by atoms with Crippen molar-refractivity contribution in [3.8, 4) is 0 Å². The van der Waals surface area contributed by atoms with E-state index in [-0.39, 0.29) is 0 Å². The number of anilines is 2. The average molecular weight is 343 g/mol. The fourth-order valence-electron chi connectivity index (χ4n) is 2.10. The predicted octanol–water partition coefficient (Wildman–Crippen LogP) is 3.64. The van der Waals surface area contributed by atoms with E-state index in [9.17, 15) is 0 Å². The summed E-state index contributed by atoms with van der Waals surface area (Å²) in [6.07, 6.45) is 1.05. The molecular formula is C13H19BrN4S. The van der Waals surface area contributed by atoms with Gasteiger partial charge in [0.2, 0.25) is 0 Å². The van der Waals surface area contributed by atoms with Crippen LogP contribution in [0.3, 0.4) is 0 Å². The lowest BCUT2D eigenvalue weighted by Gasteiger charge is -2.20. The van der Waals surface area contributed by atoms with Crippen molar-refractivity contribution < 1.29 is 0 Å². The van der Waals surface area contributed by atoms with E-state index in [4.69, 9.17) is 5.73 Å². The maximum absolute atomic E-state index is 6.16. The van der Waals surface area contributed by atoms with Crippen LogP contribution in [0.5, 0.6) is 0 Å². The fourth-order valence-corrected chi connectivity index (χ4v) is 3.60. The van der Waals surface area contributed by atoms with Crippen LogP contribution in [-0.4, -0.2) is 16.8 Å². The summed E-state index contributed by atoms with van der Waals surface area (Å²) in [6.45, 7) is 5.84. The third-order valence-corrected chi connectivity index (χ3v) is 4.64. The molecule has 0 spiro atoms. The highest BCUT2D eigenvalue weighted by molar-refractivity contribution is 9.10. The normalized spacial score (nSPS) is 10.9. The fraction of sp³-hybridized carbons (Fsp3) is 0.462. The largest absolute Gasteiger partial charge is 0.394 e. The van der Waals surface area contributed by atoms with Gasteiger partial charge in [0.1, 0.15) is 0 Å². The molecule has 2 heterocycles. The highest BCUT2D eigenvalue weighted by atomic mass is 79.9. The second-order valence-electron chi connectivity index (χ2n) is 4.63. The van der Waals surface area contributed by atoms with Gasteiger partial charge in [-0.1, -0.05) is 6.92 Å². The van der Waals surface area contributed by atoms with Crippen LogP contribution in [0.1, 0.15) is 23.9 Å². The molecule has 0 bridgehead atoms. The molecule has 0 atom stereocenters. The third-order valence-electron chi connectivity index (χ3n) is 2.96. The Labute approximate surface area is 126 Å². The molecule has 0 saturated heterocycles. The molecule has 19 heavy (non-hydrogen) atoms. The number of hydrogen-bond donors (Lipinski definition) is 1. The topological polar surface area (TPSA) is 47.1 Å². The summed E-state index contributed by atoms with van der Waals surface area (Å²) in [5.74, 6) is 1.02. The van der Waals surface area contributed by atoms with Gasteiger partial charge in [0, 0.05) is 28.3 Å². The number of nitrogens with two attached hydrogens (primary N) is 1. The first-order valence-corrected chi connectivity index (χ1v) is 7.97. The van der Waals surface area contributed by atoms with Crippen molar-refractivity contribution in [2.24, 2.45) is 0 Å². The second kappa shape index (κ2) is 5.96. The molecule has 0 aliphatic carbocycles. The molecule has 0 aromatic carbocycles. The van der Waals surface area contributed by atoms with Crippen LogP contribution in [0, 0.1) is 6.92 Å². The van der Waals surface area contributed by atoms with Gasteiger partial charge >= 0.3 is 0 Å². The van der Waals surface area contributed by atoms with Gasteiger partial charge < -0.3 is 10.6 Å². The average Bonchev–Trinajstić information content (AvgIpc) is 2.85. The minimum absolute atomic E-state index is 0.784. The highest BCUT2D eigenvalue weighted by Gasteiger charge is 2.16. The van der Waals surface area contributed by atoms with E-state index in [1.807, 2.05) is 11.6 Å². The van der Waals surface area contributed by atoms with E-state index in [1.54, 1.807) is 11.3 Å². The standard InChI is InChI=1S/C13H19BrN4S/c1-4-5-18-13(12(15)9(2)16-18)17(3)7-11-6-10(14)8-19-11/h6,8H,4-5,7,15H2,1-3H3. The van der Waals surface area contributed by atoms with E-state index in [1.165, 1.54) is 4.88 Å². The first kappa shape index (κ1) is 14.4. The first-order valence-electron chi connectivity index (χ1n) is 6.29.